The van der Waals surface area contributed by atoms with Crippen LogP contribution in [-0.2, 0) is 4.28 Å². The zero-order valence-electron chi connectivity index (χ0n) is 15.2. The molecule has 0 radical (unpaired) electrons. The molecule has 4 nitrogen and oxygen atoms in total. The highest BCUT2D eigenvalue weighted by atomic mass is 32.2. The van der Waals surface area contributed by atoms with Gasteiger partial charge in [-0.3, -0.25) is 0 Å². The van der Waals surface area contributed by atoms with Gasteiger partial charge in [-0.05, 0) is 45.3 Å². The largest absolute Gasteiger partial charge is 0.315 e. The van der Waals surface area contributed by atoms with Gasteiger partial charge in [0.1, 0.15) is 12.2 Å². The van der Waals surface area contributed by atoms with Gasteiger partial charge in [0, 0.05) is 19.1 Å². The number of nitrogens with one attached hydrogen (secondary N) is 1. The summed E-state index contributed by atoms with van der Waals surface area (Å²) in [6, 6.07) is 0.430. The van der Waals surface area contributed by atoms with E-state index in [2.05, 4.69) is 31.2 Å². The standard InChI is InChI=1S/C13H29N3OS.C2H6.H2S/c1-13(2,3)12(14-4)10-16(9-11-7-8-11)17-18-15(5)6;1-2;/h11-12,14H,7-10H2,1-6H3;1-2H3;1H2. The Kier molecular flexibility index (Phi) is 13.6. The van der Waals surface area contributed by atoms with Crippen molar-refractivity contribution in [2.24, 2.45) is 11.3 Å². The van der Waals surface area contributed by atoms with Crippen molar-refractivity contribution < 1.29 is 4.28 Å². The van der Waals surface area contributed by atoms with Crippen LogP contribution in [0.4, 0.5) is 0 Å². The zero-order valence-corrected chi connectivity index (χ0v) is 17.0. The predicted molar refractivity (Wildman–Crippen MR) is 101 cm³/mol. The maximum Gasteiger partial charge on any atom is 0.104 e. The fourth-order valence-electron chi connectivity index (χ4n) is 1.84. The van der Waals surface area contributed by atoms with E-state index in [1.54, 1.807) is 0 Å². The summed E-state index contributed by atoms with van der Waals surface area (Å²) < 4.78 is 7.80. The van der Waals surface area contributed by atoms with Gasteiger partial charge < -0.3 is 5.32 Å². The molecule has 1 atom stereocenters. The molecule has 0 heterocycles. The Bertz CT molecular complexity index is 244. The second-order valence-corrected chi connectivity index (χ2v) is 7.49. The highest BCUT2D eigenvalue weighted by molar-refractivity contribution is 7.92. The van der Waals surface area contributed by atoms with Crippen molar-refractivity contribution in [3.05, 3.63) is 0 Å². The van der Waals surface area contributed by atoms with Crippen molar-refractivity contribution in [2.75, 3.05) is 34.2 Å². The van der Waals surface area contributed by atoms with Crippen LogP contribution in [0.5, 0.6) is 0 Å². The summed E-state index contributed by atoms with van der Waals surface area (Å²) in [6.45, 7) is 12.8. The first-order valence-corrected chi connectivity index (χ1v) is 8.47. The maximum atomic E-state index is 5.82. The molecule has 0 amide bonds. The molecular formula is C15H37N3OS2. The minimum absolute atomic E-state index is 0. The fraction of sp³-hybridized carbons (Fsp3) is 1.00. The molecule has 1 aliphatic rings. The van der Waals surface area contributed by atoms with E-state index >= 15 is 0 Å². The number of hydrogen-bond acceptors (Lipinski definition) is 5. The van der Waals surface area contributed by atoms with E-state index < -0.39 is 0 Å². The lowest BCUT2D eigenvalue weighted by molar-refractivity contribution is -0.0606. The zero-order chi connectivity index (χ0) is 15.8. The minimum Gasteiger partial charge on any atom is -0.315 e. The summed E-state index contributed by atoms with van der Waals surface area (Å²) in [7, 11) is 6.03. The third kappa shape index (κ3) is 11.7. The van der Waals surface area contributed by atoms with Crippen molar-refractivity contribution in [3.63, 3.8) is 0 Å². The first-order valence-electron chi connectivity index (χ1n) is 7.77. The van der Waals surface area contributed by atoms with E-state index in [0.717, 1.165) is 19.0 Å². The van der Waals surface area contributed by atoms with Crippen LogP contribution in [-0.4, -0.2) is 49.6 Å². The molecule has 0 spiro atoms. The van der Waals surface area contributed by atoms with Gasteiger partial charge in [-0.15, -0.1) is 0 Å². The first kappa shape index (κ1) is 23.8. The smallest absolute Gasteiger partial charge is 0.104 e. The SMILES string of the molecule is CC.CNC(CN(CC1CC1)OSN(C)C)C(C)(C)C.S. The van der Waals surface area contributed by atoms with Crippen LogP contribution in [0.2, 0.25) is 0 Å². The average Bonchev–Trinajstić information content (AvgIpc) is 3.17. The van der Waals surface area contributed by atoms with Gasteiger partial charge in [-0.2, -0.15) is 18.6 Å². The molecule has 0 saturated heterocycles. The van der Waals surface area contributed by atoms with Crippen LogP contribution < -0.4 is 5.32 Å². The van der Waals surface area contributed by atoms with Crippen LogP contribution in [0.3, 0.4) is 0 Å². The first-order chi connectivity index (χ1) is 9.32. The van der Waals surface area contributed by atoms with Crippen LogP contribution in [0.1, 0.15) is 47.5 Å². The van der Waals surface area contributed by atoms with E-state index in [9.17, 15) is 0 Å². The molecule has 0 aromatic rings. The molecule has 0 aliphatic heterocycles. The van der Waals surface area contributed by atoms with Gasteiger partial charge >= 0.3 is 0 Å². The molecule has 1 unspecified atom stereocenters. The van der Waals surface area contributed by atoms with Gasteiger partial charge in [0.05, 0.1) is 0 Å². The third-order valence-corrected chi connectivity index (χ3v) is 3.80. The maximum absolute atomic E-state index is 5.82. The lowest BCUT2D eigenvalue weighted by Crippen LogP contribution is -2.47. The van der Waals surface area contributed by atoms with Crippen LogP contribution in [0.15, 0.2) is 0 Å². The molecule has 0 bridgehead atoms. The minimum atomic E-state index is 0. The fourth-order valence-corrected chi connectivity index (χ4v) is 2.19. The Balaban J connectivity index is 0. The molecule has 1 aliphatic carbocycles. The Labute approximate surface area is 144 Å². The molecule has 130 valence electrons. The van der Waals surface area contributed by atoms with Gasteiger partial charge in [0.25, 0.3) is 0 Å². The third-order valence-electron chi connectivity index (χ3n) is 3.23. The molecule has 21 heavy (non-hydrogen) atoms. The molecule has 1 N–H and O–H groups in total. The normalized spacial score (nSPS) is 16.3. The van der Waals surface area contributed by atoms with Crippen molar-refractivity contribution >= 4 is 25.7 Å². The number of hydroxylamine groups is 2. The number of hydrogen-bond donors (Lipinski definition) is 1. The van der Waals surface area contributed by atoms with Gasteiger partial charge in [0.15, 0.2) is 0 Å². The van der Waals surface area contributed by atoms with Crippen molar-refractivity contribution in [2.45, 2.75) is 53.5 Å². The van der Waals surface area contributed by atoms with Crippen molar-refractivity contribution in [3.8, 4) is 0 Å². The summed E-state index contributed by atoms with van der Waals surface area (Å²) in [6.07, 6.45) is 2.71. The topological polar surface area (TPSA) is 27.7 Å². The molecule has 1 rings (SSSR count). The second-order valence-electron chi connectivity index (χ2n) is 6.46. The van der Waals surface area contributed by atoms with Gasteiger partial charge in [-0.25, -0.2) is 8.59 Å². The van der Waals surface area contributed by atoms with Crippen LogP contribution in [0, 0.1) is 11.3 Å². The van der Waals surface area contributed by atoms with E-state index in [1.807, 2.05) is 39.3 Å². The van der Waals surface area contributed by atoms with Gasteiger partial charge in [-0.1, -0.05) is 34.6 Å². The molecule has 1 fully saturated rings. The summed E-state index contributed by atoms with van der Waals surface area (Å²) >= 11 is 1.40. The highest BCUT2D eigenvalue weighted by Crippen LogP contribution is 2.31. The van der Waals surface area contributed by atoms with Crippen molar-refractivity contribution in [1.82, 2.24) is 14.7 Å². The molecule has 6 heteroatoms. The van der Waals surface area contributed by atoms with Crippen LogP contribution >= 0.6 is 25.7 Å². The van der Waals surface area contributed by atoms with E-state index in [4.69, 9.17) is 4.28 Å². The quantitative estimate of drug-likeness (QED) is 0.415. The Morgan fingerprint density at radius 1 is 1.24 bits per heavy atom. The number of nitrogens with zero attached hydrogens (tertiary/aromatic N) is 2. The predicted octanol–water partition coefficient (Wildman–Crippen LogP) is 3.53. The summed E-state index contributed by atoms with van der Waals surface area (Å²) in [5, 5.41) is 5.53. The average molecular weight is 340 g/mol. The number of rotatable bonds is 8. The lowest BCUT2D eigenvalue weighted by Gasteiger charge is -2.34. The summed E-state index contributed by atoms with van der Waals surface area (Å²) in [4.78, 5) is 0. The molecule has 0 aromatic carbocycles. The van der Waals surface area contributed by atoms with E-state index in [1.165, 1.54) is 25.1 Å². The van der Waals surface area contributed by atoms with E-state index in [0.29, 0.717) is 6.04 Å². The van der Waals surface area contributed by atoms with E-state index in [-0.39, 0.29) is 18.9 Å². The highest BCUT2D eigenvalue weighted by Gasteiger charge is 2.30. The molecule has 1 saturated carbocycles. The van der Waals surface area contributed by atoms with Gasteiger partial charge in [0.2, 0.25) is 0 Å². The molecular weight excluding hydrogens is 302 g/mol. The Hall–Kier alpha value is 0.540. The number of likely N-dealkylation sites (N-methyl/N-ethyl adjacent to an activating group) is 1. The Morgan fingerprint density at radius 3 is 2.10 bits per heavy atom. The monoisotopic (exact) mass is 339 g/mol. The Morgan fingerprint density at radius 2 is 1.76 bits per heavy atom. The van der Waals surface area contributed by atoms with Crippen LogP contribution in [0.25, 0.3) is 0 Å². The lowest BCUT2D eigenvalue weighted by atomic mass is 9.87. The van der Waals surface area contributed by atoms with Crippen molar-refractivity contribution in [1.29, 1.82) is 0 Å². The molecule has 0 aromatic heterocycles. The summed E-state index contributed by atoms with van der Waals surface area (Å²) in [5.41, 5.74) is 0.239. The summed E-state index contributed by atoms with van der Waals surface area (Å²) in [5.74, 6) is 0.838. The second kappa shape index (κ2) is 12.0.